The Morgan fingerprint density at radius 1 is 1.27 bits per heavy atom. The average Bonchev–Trinajstić information content (AvgIpc) is 2.78. The SMILES string of the molecule is Cc1ccsc1CN=C(N)Nc1ccc2c(c1)OCCCO2. The van der Waals surface area contributed by atoms with Crippen molar-refractivity contribution in [2.75, 3.05) is 18.5 Å². The molecule has 5 nitrogen and oxygen atoms in total. The van der Waals surface area contributed by atoms with Crippen LogP contribution in [0.5, 0.6) is 11.5 Å². The third-order valence-corrected chi connectivity index (χ3v) is 4.39. The molecule has 0 aliphatic carbocycles. The summed E-state index contributed by atoms with van der Waals surface area (Å²) < 4.78 is 11.3. The predicted octanol–water partition coefficient (Wildman–Crippen LogP) is 3.14. The summed E-state index contributed by atoms with van der Waals surface area (Å²) in [7, 11) is 0. The number of hydrogen-bond donors (Lipinski definition) is 2. The normalized spacial score (nSPS) is 14.5. The monoisotopic (exact) mass is 317 g/mol. The minimum absolute atomic E-state index is 0.391. The van der Waals surface area contributed by atoms with E-state index in [0.29, 0.717) is 25.7 Å². The van der Waals surface area contributed by atoms with Crippen LogP contribution in [0.25, 0.3) is 0 Å². The molecule has 22 heavy (non-hydrogen) atoms. The number of hydrogen-bond acceptors (Lipinski definition) is 4. The molecule has 0 bridgehead atoms. The lowest BCUT2D eigenvalue weighted by Gasteiger charge is -2.10. The van der Waals surface area contributed by atoms with Crippen LogP contribution in [0.2, 0.25) is 0 Å². The van der Waals surface area contributed by atoms with Gasteiger partial charge < -0.3 is 20.5 Å². The van der Waals surface area contributed by atoms with E-state index in [4.69, 9.17) is 15.2 Å². The van der Waals surface area contributed by atoms with Crippen molar-refractivity contribution in [3.63, 3.8) is 0 Å². The Morgan fingerprint density at radius 3 is 2.86 bits per heavy atom. The first kappa shape index (κ1) is 14.7. The van der Waals surface area contributed by atoms with Crippen LogP contribution in [0.3, 0.4) is 0 Å². The molecule has 0 saturated heterocycles. The zero-order valence-corrected chi connectivity index (χ0v) is 13.3. The maximum atomic E-state index is 5.95. The second-order valence-electron chi connectivity index (χ2n) is 5.07. The number of ether oxygens (including phenoxy) is 2. The third kappa shape index (κ3) is 3.51. The van der Waals surface area contributed by atoms with Crippen molar-refractivity contribution in [2.45, 2.75) is 19.9 Å². The van der Waals surface area contributed by atoms with Crippen molar-refractivity contribution in [3.8, 4) is 11.5 Å². The van der Waals surface area contributed by atoms with Gasteiger partial charge in [0.15, 0.2) is 17.5 Å². The number of thiophene rings is 1. The van der Waals surface area contributed by atoms with Crippen molar-refractivity contribution < 1.29 is 9.47 Å². The molecule has 0 fully saturated rings. The molecule has 2 heterocycles. The molecule has 0 spiro atoms. The van der Waals surface area contributed by atoms with Crippen LogP contribution in [0.4, 0.5) is 5.69 Å². The van der Waals surface area contributed by atoms with Gasteiger partial charge in [0.2, 0.25) is 0 Å². The van der Waals surface area contributed by atoms with E-state index in [1.54, 1.807) is 11.3 Å². The van der Waals surface area contributed by atoms with E-state index >= 15 is 0 Å². The summed E-state index contributed by atoms with van der Waals surface area (Å²) in [4.78, 5) is 5.60. The predicted molar refractivity (Wildman–Crippen MR) is 90.1 cm³/mol. The fraction of sp³-hybridized carbons (Fsp3) is 0.312. The van der Waals surface area contributed by atoms with Crippen LogP contribution in [0.15, 0.2) is 34.6 Å². The van der Waals surface area contributed by atoms with Crippen molar-refractivity contribution >= 4 is 23.0 Å². The van der Waals surface area contributed by atoms with Gasteiger partial charge in [0.25, 0.3) is 0 Å². The van der Waals surface area contributed by atoms with Gasteiger partial charge in [0.05, 0.1) is 19.8 Å². The molecule has 116 valence electrons. The Morgan fingerprint density at radius 2 is 2.09 bits per heavy atom. The van der Waals surface area contributed by atoms with Gasteiger partial charge in [0.1, 0.15) is 0 Å². The second-order valence-corrected chi connectivity index (χ2v) is 6.07. The fourth-order valence-corrected chi connectivity index (χ4v) is 2.98. The lowest BCUT2D eigenvalue weighted by molar-refractivity contribution is 0.297. The third-order valence-electron chi connectivity index (χ3n) is 3.38. The highest BCUT2D eigenvalue weighted by molar-refractivity contribution is 7.10. The first-order chi connectivity index (χ1) is 10.7. The molecule has 6 heteroatoms. The zero-order valence-electron chi connectivity index (χ0n) is 12.5. The van der Waals surface area contributed by atoms with E-state index in [0.717, 1.165) is 23.6 Å². The van der Waals surface area contributed by atoms with Gasteiger partial charge in [-0.25, -0.2) is 4.99 Å². The summed E-state index contributed by atoms with van der Waals surface area (Å²) in [5.74, 6) is 1.90. The molecule has 0 atom stereocenters. The maximum absolute atomic E-state index is 5.95. The topological polar surface area (TPSA) is 68.9 Å². The number of fused-ring (bicyclic) bond motifs is 1. The van der Waals surface area contributed by atoms with Crippen molar-refractivity contribution in [2.24, 2.45) is 10.7 Å². The number of rotatable bonds is 3. The molecule has 2 aromatic rings. The number of benzene rings is 1. The zero-order chi connectivity index (χ0) is 15.4. The van der Waals surface area contributed by atoms with Crippen molar-refractivity contribution in [1.82, 2.24) is 0 Å². The molecule has 1 aromatic carbocycles. The quantitative estimate of drug-likeness (QED) is 0.674. The summed E-state index contributed by atoms with van der Waals surface area (Å²) in [5.41, 5.74) is 8.04. The van der Waals surface area contributed by atoms with Gasteiger partial charge in [-0.3, -0.25) is 0 Å². The summed E-state index contributed by atoms with van der Waals surface area (Å²) in [5, 5.41) is 5.15. The van der Waals surface area contributed by atoms with E-state index in [2.05, 4.69) is 28.7 Å². The number of aryl methyl sites for hydroxylation is 1. The highest BCUT2D eigenvalue weighted by Crippen LogP contribution is 2.32. The van der Waals surface area contributed by atoms with Crippen molar-refractivity contribution in [3.05, 3.63) is 40.1 Å². The second kappa shape index (κ2) is 6.70. The lowest BCUT2D eigenvalue weighted by atomic mass is 10.3. The summed E-state index contributed by atoms with van der Waals surface area (Å²) in [6.45, 7) is 4.02. The van der Waals surface area contributed by atoms with Crippen LogP contribution in [-0.4, -0.2) is 19.2 Å². The molecule has 1 aliphatic heterocycles. The number of aliphatic imine (C=N–C) groups is 1. The molecule has 0 unspecified atom stereocenters. The van der Waals surface area contributed by atoms with E-state index in [1.165, 1.54) is 10.4 Å². The van der Waals surface area contributed by atoms with Crippen LogP contribution < -0.4 is 20.5 Å². The Balaban J connectivity index is 1.67. The molecular formula is C16H19N3O2S. The Hall–Kier alpha value is -2.21. The van der Waals surface area contributed by atoms with Crippen LogP contribution >= 0.6 is 11.3 Å². The summed E-state index contributed by atoms with van der Waals surface area (Å²) in [6.07, 6.45) is 0.890. The number of anilines is 1. The Bertz CT molecular complexity index is 682. The molecular weight excluding hydrogens is 298 g/mol. The van der Waals surface area contributed by atoms with Gasteiger partial charge in [-0.05, 0) is 36.1 Å². The average molecular weight is 317 g/mol. The molecule has 1 aliphatic rings. The minimum atomic E-state index is 0.391. The summed E-state index contributed by atoms with van der Waals surface area (Å²) in [6, 6.07) is 7.77. The van der Waals surface area contributed by atoms with Gasteiger partial charge in [-0.1, -0.05) is 0 Å². The number of guanidine groups is 1. The highest BCUT2D eigenvalue weighted by atomic mass is 32.1. The number of nitrogens with zero attached hydrogens (tertiary/aromatic N) is 1. The maximum Gasteiger partial charge on any atom is 0.193 e. The van der Waals surface area contributed by atoms with Gasteiger partial charge in [-0.2, -0.15) is 0 Å². The van der Waals surface area contributed by atoms with E-state index in [1.807, 2.05) is 18.2 Å². The molecule has 1 aromatic heterocycles. The van der Waals surface area contributed by atoms with Crippen LogP contribution in [0, 0.1) is 6.92 Å². The first-order valence-corrected chi connectivity index (χ1v) is 8.10. The lowest BCUT2D eigenvalue weighted by Crippen LogP contribution is -2.22. The smallest absolute Gasteiger partial charge is 0.193 e. The van der Waals surface area contributed by atoms with Gasteiger partial charge >= 0.3 is 0 Å². The Kier molecular flexibility index (Phi) is 4.48. The van der Waals surface area contributed by atoms with Crippen LogP contribution in [-0.2, 0) is 6.54 Å². The first-order valence-electron chi connectivity index (χ1n) is 7.22. The fourth-order valence-electron chi connectivity index (χ4n) is 2.15. The minimum Gasteiger partial charge on any atom is -0.490 e. The van der Waals surface area contributed by atoms with E-state index < -0.39 is 0 Å². The molecule has 3 N–H and O–H groups in total. The Labute approximate surface area is 133 Å². The molecule has 0 amide bonds. The van der Waals surface area contributed by atoms with Gasteiger partial charge in [0, 0.05) is 23.1 Å². The van der Waals surface area contributed by atoms with E-state index in [-0.39, 0.29) is 0 Å². The number of nitrogens with two attached hydrogens (primary N) is 1. The highest BCUT2D eigenvalue weighted by Gasteiger charge is 2.10. The largest absolute Gasteiger partial charge is 0.490 e. The number of nitrogens with one attached hydrogen (secondary N) is 1. The van der Waals surface area contributed by atoms with E-state index in [9.17, 15) is 0 Å². The molecule has 0 radical (unpaired) electrons. The van der Waals surface area contributed by atoms with Crippen LogP contribution in [0.1, 0.15) is 16.9 Å². The summed E-state index contributed by atoms with van der Waals surface area (Å²) >= 11 is 1.69. The van der Waals surface area contributed by atoms with Crippen molar-refractivity contribution in [1.29, 1.82) is 0 Å². The molecule has 3 rings (SSSR count). The standard InChI is InChI=1S/C16H19N3O2S/c1-11-5-8-22-15(11)10-18-16(17)19-12-3-4-13-14(9-12)21-7-2-6-20-13/h3-5,8-9H,2,6-7,10H2,1H3,(H3,17,18,19). The molecule has 0 saturated carbocycles. The van der Waals surface area contributed by atoms with Gasteiger partial charge in [-0.15, -0.1) is 11.3 Å².